The van der Waals surface area contributed by atoms with E-state index in [9.17, 15) is 0 Å². The SMILES string of the molecule is CCCC(N)CCN(CCC)C(C)C. The quantitative estimate of drug-likeness (QED) is 0.652. The topological polar surface area (TPSA) is 29.3 Å². The third-order valence-electron chi connectivity index (χ3n) is 2.69. The van der Waals surface area contributed by atoms with Gasteiger partial charge >= 0.3 is 0 Å². The molecule has 0 fully saturated rings. The van der Waals surface area contributed by atoms with Crippen LogP contribution in [0.5, 0.6) is 0 Å². The summed E-state index contributed by atoms with van der Waals surface area (Å²) in [5.74, 6) is 0. The zero-order chi connectivity index (χ0) is 11.0. The van der Waals surface area contributed by atoms with Gasteiger partial charge in [-0.15, -0.1) is 0 Å². The summed E-state index contributed by atoms with van der Waals surface area (Å²) in [6, 6.07) is 1.06. The molecule has 2 nitrogen and oxygen atoms in total. The summed E-state index contributed by atoms with van der Waals surface area (Å²) >= 11 is 0. The molecule has 0 spiro atoms. The molecule has 0 rings (SSSR count). The number of hydrogen-bond acceptors (Lipinski definition) is 2. The average Bonchev–Trinajstić information content (AvgIpc) is 2.12. The van der Waals surface area contributed by atoms with Gasteiger partial charge in [0.05, 0.1) is 0 Å². The Kier molecular flexibility index (Phi) is 8.20. The summed E-state index contributed by atoms with van der Waals surface area (Å²) in [5, 5.41) is 0. The summed E-state index contributed by atoms with van der Waals surface area (Å²) < 4.78 is 0. The Bertz CT molecular complexity index is 123. The second kappa shape index (κ2) is 8.25. The molecular formula is C12H28N2. The van der Waals surface area contributed by atoms with E-state index in [1.165, 1.54) is 19.4 Å². The lowest BCUT2D eigenvalue weighted by atomic mass is 10.1. The van der Waals surface area contributed by atoms with E-state index in [1.54, 1.807) is 0 Å². The van der Waals surface area contributed by atoms with Gasteiger partial charge in [-0.1, -0.05) is 20.3 Å². The number of rotatable bonds is 8. The van der Waals surface area contributed by atoms with Crippen molar-refractivity contribution in [3.63, 3.8) is 0 Å². The fraction of sp³-hybridized carbons (Fsp3) is 1.00. The van der Waals surface area contributed by atoms with Gasteiger partial charge in [0.2, 0.25) is 0 Å². The van der Waals surface area contributed by atoms with Crippen LogP contribution in [-0.4, -0.2) is 30.1 Å². The summed E-state index contributed by atoms with van der Waals surface area (Å²) in [6.45, 7) is 11.3. The van der Waals surface area contributed by atoms with E-state index >= 15 is 0 Å². The highest BCUT2D eigenvalue weighted by molar-refractivity contribution is 4.67. The van der Waals surface area contributed by atoms with Gasteiger partial charge in [-0.25, -0.2) is 0 Å². The molecule has 0 aliphatic carbocycles. The molecule has 0 saturated heterocycles. The second-order valence-corrected chi connectivity index (χ2v) is 4.47. The molecule has 2 N–H and O–H groups in total. The van der Waals surface area contributed by atoms with Crippen molar-refractivity contribution in [2.24, 2.45) is 5.73 Å². The molecular weight excluding hydrogens is 172 g/mol. The van der Waals surface area contributed by atoms with Gasteiger partial charge in [-0.2, -0.15) is 0 Å². The van der Waals surface area contributed by atoms with E-state index in [2.05, 4.69) is 32.6 Å². The van der Waals surface area contributed by atoms with Crippen molar-refractivity contribution in [3.05, 3.63) is 0 Å². The molecule has 0 amide bonds. The maximum absolute atomic E-state index is 6.00. The average molecular weight is 200 g/mol. The highest BCUT2D eigenvalue weighted by atomic mass is 15.1. The van der Waals surface area contributed by atoms with Crippen LogP contribution in [-0.2, 0) is 0 Å². The Hall–Kier alpha value is -0.0800. The molecule has 1 unspecified atom stereocenters. The van der Waals surface area contributed by atoms with E-state index in [0.29, 0.717) is 12.1 Å². The zero-order valence-electron chi connectivity index (χ0n) is 10.4. The molecule has 0 aromatic heterocycles. The molecule has 0 aromatic rings. The van der Waals surface area contributed by atoms with Crippen molar-refractivity contribution in [1.29, 1.82) is 0 Å². The standard InChI is InChI=1S/C12H28N2/c1-5-7-12(13)8-10-14(9-6-2)11(3)4/h11-12H,5-10,13H2,1-4H3. The maximum atomic E-state index is 6.00. The third kappa shape index (κ3) is 6.39. The fourth-order valence-corrected chi connectivity index (χ4v) is 1.76. The van der Waals surface area contributed by atoms with Crippen LogP contribution in [0.1, 0.15) is 53.4 Å². The lowest BCUT2D eigenvalue weighted by molar-refractivity contribution is 0.213. The first-order valence-corrected chi connectivity index (χ1v) is 6.11. The highest BCUT2D eigenvalue weighted by Crippen LogP contribution is 2.05. The van der Waals surface area contributed by atoms with Crippen molar-refractivity contribution in [2.45, 2.75) is 65.5 Å². The molecule has 0 radical (unpaired) electrons. The Labute approximate surface area is 89.9 Å². The van der Waals surface area contributed by atoms with Gasteiger partial charge in [-0.3, -0.25) is 0 Å². The summed E-state index contributed by atoms with van der Waals surface area (Å²) in [6.07, 6.45) is 4.75. The van der Waals surface area contributed by atoms with Crippen LogP contribution in [0.3, 0.4) is 0 Å². The van der Waals surface area contributed by atoms with Gasteiger partial charge in [-0.05, 0) is 46.2 Å². The van der Waals surface area contributed by atoms with Crippen molar-refractivity contribution in [3.8, 4) is 0 Å². The van der Waals surface area contributed by atoms with Crippen LogP contribution in [0.2, 0.25) is 0 Å². The van der Waals surface area contributed by atoms with Crippen LogP contribution in [0.4, 0.5) is 0 Å². The maximum Gasteiger partial charge on any atom is 0.00509 e. The molecule has 0 aromatic carbocycles. The first-order valence-electron chi connectivity index (χ1n) is 6.11. The molecule has 0 heterocycles. The fourth-order valence-electron chi connectivity index (χ4n) is 1.76. The summed E-state index contributed by atoms with van der Waals surface area (Å²) in [7, 11) is 0. The van der Waals surface area contributed by atoms with Gasteiger partial charge in [0, 0.05) is 12.1 Å². The van der Waals surface area contributed by atoms with E-state index in [4.69, 9.17) is 5.73 Å². The van der Waals surface area contributed by atoms with Crippen molar-refractivity contribution < 1.29 is 0 Å². The molecule has 0 aliphatic heterocycles. The minimum Gasteiger partial charge on any atom is -0.328 e. The monoisotopic (exact) mass is 200 g/mol. The number of nitrogens with two attached hydrogens (primary N) is 1. The Balaban J connectivity index is 3.69. The van der Waals surface area contributed by atoms with E-state index in [-0.39, 0.29) is 0 Å². The van der Waals surface area contributed by atoms with E-state index in [1.807, 2.05) is 0 Å². The van der Waals surface area contributed by atoms with Gasteiger partial charge in [0.15, 0.2) is 0 Å². The zero-order valence-corrected chi connectivity index (χ0v) is 10.4. The lowest BCUT2D eigenvalue weighted by Crippen LogP contribution is -2.35. The largest absolute Gasteiger partial charge is 0.328 e. The van der Waals surface area contributed by atoms with Gasteiger partial charge in [0.1, 0.15) is 0 Å². The second-order valence-electron chi connectivity index (χ2n) is 4.47. The van der Waals surface area contributed by atoms with E-state index < -0.39 is 0 Å². The lowest BCUT2D eigenvalue weighted by Gasteiger charge is -2.27. The molecule has 86 valence electrons. The minimum absolute atomic E-state index is 0.401. The molecule has 2 heteroatoms. The first kappa shape index (κ1) is 13.9. The van der Waals surface area contributed by atoms with Gasteiger partial charge in [0.25, 0.3) is 0 Å². The molecule has 0 aliphatic rings. The number of hydrogen-bond donors (Lipinski definition) is 1. The molecule has 1 atom stereocenters. The summed E-state index contributed by atoms with van der Waals surface area (Å²) in [5.41, 5.74) is 6.00. The molecule has 0 saturated carbocycles. The minimum atomic E-state index is 0.401. The highest BCUT2D eigenvalue weighted by Gasteiger charge is 2.09. The molecule has 14 heavy (non-hydrogen) atoms. The predicted molar refractivity (Wildman–Crippen MR) is 64.5 cm³/mol. The van der Waals surface area contributed by atoms with Crippen LogP contribution in [0.25, 0.3) is 0 Å². The van der Waals surface area contributed by atoms with Crippen LogP contribution < -0.4 is 5.73 Å². The van der Waals surface area contributed by atoms with E-state index in [0.717, 1.165) is 19.4 Å². The van der Waals surface area contributed by atoms with Crippen molar-refractivity contribution in [2.75, 3.05) is 13.1 Å². The van der Waals surface area contributed by atoms with Crippen LogP contribution in [0.15, 0.2) is 0 Å². The first-order chi connectivity index (χ1) is 6.61. The van der Waals surface area contributed by atoms with Crippen LogP contribution in [0, 0.1) is 0 Å². The van der Waals surface area contributed by atoms with Crippen LogP contribution >= 0.6 is 0 Å². The summed E-state index contributed by atoms with van der Waals surface area (Å²) in [4.78, 5) is 2.52. The van der Waals surface area contributed by atoms with Crippen molar-refractivity contribution >= 4 is 0 Å². The smallest absolute Gasteiger partial charge is 0.00509 e. The third-order valence-corrected chi connectivity index (χ3v) is 2.69. The Morgan fingerprint density at radius 1 is 1.00 bits per heavy atom. The predicted octanol–water partition coefficient (Wildman–Crippen LogP) is 2.62. The van der Waals surface area contributed by atoms with Gasteiger partial charge < -0.3 is 10.6 Å². The normalized spacial score (nSPS) is 13.9. The molecule has 0 bridgehead atoms. The van der Waals surface area contributed by atoms with Crippen molar-refractivity contribution in [1.82, 2.24) is 4.90 Å². The Morgan fingerprint density at radius 3 is 2.07 bits per heavy atom. The number of nitrogens with zero attached hydrogens (tertiary/aromatic N) is 1. The Morgan fingerprint density at radius 2 is 1.64 bits per heavy atom.